The molecule has 0 rings (SSSR count). The number of carbonyl (C=O) groups excluding carboxylic acids is 1. The Balaban J connectivity index is 4.45. The zero-order valence-electron chi connectivity index (χ0n) is 13.9. The van der Waals surface area contributed by atoms with Gasteiger partial charge in [-0.2, -0.15) is 0 Å². The van der Waals surface area contributed by atoms with Gasteiger partial charge in [0, 0.05) is 19.3 Å². The fraction of sp³-hybridized carbons (Fsp3) is 0.933. The molecular weight excluding hydrogens is 292 g/mol. The molecule has 6 heteroatoms. The molecule has 0 aromatic rings. The molecule has 0 spiro atoms. The zero-order chi connectivity index (χ0) is 16.1. The van der Waals surface area contributed by atoms with Crippen LogP contribution in [0.3, 0.4) is 0 Å². The fourth-order valence-corrected chi connectivity index (χ4v) is 2.15. The number of ether oxygens (including phenoxy) is 2. The number of amides is 1. The van der Waals surface area contributed by atoms with Crippen LogP contribution in [-0.2, 0) is 14.3 Å². The first-order chi connectivity index (χ1) is 10.1. The van der Waals surface area contributed by atoms with Crippen LogP contribution in [0.15, 0.2) is 0 Å². The van der Waals surface area contributed by atoms with E-state index in [1.165, 1.54) is 17.9 Å². The Hall–Kier alpha value is -0.360. The van der Waals surface area contributed by atoms with Crippen LogP contribution in [0.4, 0.5) is 0 Å². The van der Waals surface area contributed by atoms with Crippen LogP contribution >= 0.6 is 11.6 Å². The Kier molecular flexibility index (Phi) is 13.1. The van der Waals surface area contributed by atoms with E-state index in [-0.39, 0.29) is 17.8 Å². The second kappa shape index (κ2) is 13.3. The predicted octanol–water partition coefficient (Wildman–Crippen LogP) is 2.93. The third kappa shape index (κ3) is 10.1. The molecule has 0 saturated heterocycles. The first kappa shape index (κ1) is 20.6. The predicted molar refractivity (Wildman–Crippen MR) is 86.2 cm³/mol. The number of carbonyl (C=O) groups is 1. The molecule has 0 saturated carbocycles. The molecular formula is C15H31ClN2O3. The van der Waals surface area contributed by atoms with Crippen LogP contribution in [0.5, 0.6) is 0 Å². The Morgan fingerprint density at radius 3 is 2.29 bits per heavy atom. The Bertz CT molecular complexity index is 261. The van der Waals surface area contributed by atoms with E-state index in [0.717, 1.165) is 12.8 Å². The van der Waals surface area contributed by atoms with Crippen molar-refractivity contribution in [2.75, 3.05) is 25.6 Å². The van der Waals surface area contributed by atoms with Crippen LogP contribution in [0.2, 0.25) is 0 Å². The number of hydrogen-bond donors (Lipinski definition) is 1. The van der Waals surface area contributed by atoms with E-state index in [2.05, 4.69) is 19.3 Å². The smallest absolute Gasteiger partial charge is 0.251 e. The van der Waals surface area contributed by atoms with Crippen LogP contribution < -0.4 is 5.43 Å². The molecule has 0 aromatic carbocycles. The van der Waals surface area contributed by atoms with Gasteiger partial charge in [-0.1, -0.05) is 26.2 Å². The number of hydrogen-bond acceptors (Lipinski definition) is 4. The highest BCUT2D eigenvalue weighted by molar-refractivity contribution is 6.27. The summed E-state index contributed by atoms with van der Waals surface area (Å²) < 4.78 is 11.0. The number of unbranched alkanes of at least 4 members (excludes halogenated alkanes) is 2. The third-order valence-electron chi connectivity index (χ3n) is 3.07. The van der Waals surface area contributed by atoms with Gasteiger partial charge in [0.25, 0.3) is 5.91 Å². The van der Waals surface area contributed by atoms with Gasteiger partial charge in [-0.05, 0) is 27.2 Å². The highest BCUT2D eigenvalue weighted by Gasteiger charge is 2.20. The van der Waals surface area contributed by atoms with Gasteiger partial charge in [0.05, 0.1) is 6.54 Å². The van der Waals surface area contributed by atoms with Gasteiger partial charge in [0.15, 0.2) is 6.29 Å². The molecule has 1 amide bonds. The van der Waals surface area contributed by atoms with Gasteiger partial charge in [-0.25, -0.2) is 5.43 Å². The number of nitrogens with one attached hydrogen (secondary N) is 1. The highest BCUT2D eigenvalue weighted by atomic mass is 35.5. The normalized spacial score (nSPS) is 12.7. The molecule has 0 aliphatic rings. The maximum Gasteiger partial charge on any atom is 0.251 e. The lowest BCUT2D eigenvalue weighted by molar-refractivity contribution is -0.163. The maximum atomic E-state index is 11.9. The quantitative estimate of drug-likeness (QED) is 0.245. The summed E-state index contributed by atoms with van der Waals surface area (Å²) in [6.45, 7) is 9.47. The van der Waals surface area contributed by atoms with Gasteiger partial charge in [0.2, 0.25) is 0 Å². The average Bonchev–Trinajstić information content (AvgIpc) is 2.46. The number of hydrazine groups is 1. The first-order valence-corrected chi connectivity index (χ1v) is 8.48. The lowest BCUT2D eigenvalue weighted by Crippen LogP contribution is -2.51. The van der Waals surface area contributed by atoms with Crippen molar-refractivity contribution in [1.82, 2.24) is 10.4 Å². The summed E-state index contributed by atoms with van der Waals surface area (Å²) in [6, 6.07) is 0.215. The van der Waals surface area contributed by atoms with Crippen LogP contribution in [0, 0.1) is 0 Å². The highest BCUT2D eigenvalue weighted by Crippen LogP contribution is 2.06. The maximum absolute atomic E-state index is 11.9. The van der Waals surface area contributed by atoms with Crippen molar-refractivity contribution < 1.29 is 14.3 Å². The van der Waals surface area contributed by atoms with Crippen LogP contribution in [-0.4, -0.2) is 48.9 Å². The topological polar surface area (TPSA) is 50.8 Å². The zero-order valence-corrected chi connectivity index (χ0v) is 14.6. The van der Waals surface area contributed by atoms with Gasteiger partial charge >= 0.3 is 0 Å². The SMILES string of the molecule is CCCCCC(C)NN(CC(OCC)OCC)C(=O)CCl. The van der Waals surface area contributed by atoms with Crippen LogP contribution in [0.1, 0.15) is 53.4 Å². The van der Waals surface area contributed by atoms with Crippen molar-refractivity contribution in [3.05, 3.63) is 0 Å². The van der Waals surface area contributed by atoms with Gasteiger partial charge in [-0.3, -0.25) is 9.80 Å². The average molecular weight is 323 g/mol. The fourth-order valence-electron chi connectivity index (χ4n) is 2.00. The Labute approximate surface area is 134 Å². The molecule has 0 bridgehead atoms. The van der Waals surface area contributed by atoms with Crippen molar-refractivity contribution in [2.24, 2.45) is 0 Å². The molecule has 0 aliphatic carbocycles. The molecule has 1 atom stereocenters. The number of halogens is 1. The molecule has 1 N–H and O–H groups in total. The number of nitrogens with zero attached hydrogens (tertiary/aromatic N) is 1. The second-order valence-corrected chi connectivity index (χ2v) is 5.27. The van der Waals surface area contributed by atoms with E-state index in [1.807, 2.05) is 13.8 Å². The van der Waals surface area contributed by atoms with Crippen molar-refractivity contribution in [3.8, 4) is 0 Å². The first-order valence-electron chi connectivity index (χ1n) is 7.94. The van der Waals surface area contributed by atoms with E-state index in [0.29, 0.717) is 19.8 Å². The number of rotatable bonds is 13. The lowest BCUT2D eigenvalue weighted by atomic mass is 10.1. The van der Waals surface area contributed by atoms with Gasteiger partial charge in [-0.15, -0.1) is 11.6 Å². The van der Waals surface area contributed by atoms with Gasteiger partial charge < -0.3 is 9.47 Å². The van der Waals surface area contributed by atoms with E-state index in [4.69, 9.17) is 21.1 Å². The summed E-state index contributed by atoms with van der Waals surface area (Å²) in [4.78, 5) is 11.9. The largest absolute Gasteiger partial charge is 0.351 e. The number of alkyl halides is 1. The second-order valence-electron chi connectivity index (χ2n) is 5.00. The molecule has 0 heterocycles. The monoisotopic (exact) mass is 322 g/mol. The van der Waals surface area contributed by atoms with Crippen molar-refractivity contribution in [2.45, 2.75) is 65.7 Å². The lowest BCUT2D eigenvalue weighted by Gasteiger charge is -2.30. The molecule has 0 aromatic heterocycles. The summed E-state index contributed by atoms with van der Waals surface area (Å²) in [5, 5.41) is 1.53. The van der Waals surface area contributed by atoms with Crippen molar-refractivity contribution in [1.29, 1.82) is 0 Å². The minimum Gasteiger partial charge on any atom is -0.351 e. The van der Waals surface area contributed by atoms with Crippen molar-refractivity contribution in [3.63, 3.8) is 0 Å². The minimum absolute atomic E-state index is 0.0559. The molecule has 0 radical (unpaired) electrons. The van der Waals surface area contributed by atoms with E-state index < -0.39 is 6.29 Å². The summed E-state index contributed by atoms with van der Waals surface area (Å²) in [5.74, 6) is -0.219. The van der Waals surface area contributed by atoms with Crippen LogP contribution in [0.25, 0.3) is 0 Å². The molecule has 126 valence electrons. The molecule has 1 unspecified atom stereocenters. The Morgan fingerprint density at radius 2 is 1.81 bits per heavy atom. The third-order valence-corrected chi connectivity index (χ3v) is 3.30. The van der Waals surface area contributed by atoms with Crippen molar-refractivity contribution >= 4 is 17.5 Å². The summed E-state index contributed by atoms with van der Waals surface area (Å²) in [7, 11) is 0. The molecule has 21 heavy (non-hydrogen) atoms. The molecule has 0 aliphatic heterocycles. The van der Waals surface area contributed by atoms with E-state index in [1.54, 1.807) is 0 Å². The minimum atomic E-state index is -0.428. The van der Waals surface area contributed by atoms with Gasteiger partial charge in [0.1, 0.15) is 5.88 Å². The summed E-state index contributed by atoms with van der Waals surface area (Å²) >= 11 is 5.68. The molecule has 5 nitrogen and oxygen atoms in total. The summed E-state index contributed by atoms with van der Waals surface area (Å²) in [6.07, 6.45) is 4.13. The molecule has 0 fully saturated rings. The standard InChI is InChI=1S/C15H31ClN2O3/c1-5-8-9-10-13(4)17-18(14(19)11-16)12-15(20-6-2)21-7-3/h13,15,17H,5-12H2,1-4H3. The Morgan fingerprint density at radius 1 is 1.19 bits per heavy atom. The van der Waals surface area contributed by atoms with E-state index in [9.17, 15) is 4.79 Å². The van der Waals surface area contributed by atoms with E-state index >= 15 is 0 Å². The summed E-state index contributed by atoms with van der Waals surface area (Å²) in [5.41, 5.74) is 3.21.